The highest BCUT2D eigenvalue weighted by Gasteiger charge is 2.41. The van der Waals surface area contributed by atoms with Crippen LogP contribution in [0.15, 0.2) is 62.8 Å². The van der Waals surface area contributed by atoms with E-state index < -0.39 is 5.91 Å². The molecule has 1 amide bonds. The fourth-order valence-corrected chi connectivity index (χ4v) is 4.18. The SMILES string of the molecule is N=NC(=O)c1cccc2c1N=C(N=NCc1cccc(Cl)c1)C1(CCCCC1)N2. The number of hydrogen-bond acceptors (Lipinski definition) is 6. The van der Waals surface area contributed by atoms with Gasteiger partial charge in [0.05, 0.1) is 23.3 Å². The van der Waals surface area contributed by atoms with Crippen molar-refractivity contribution >= 4 is 34.7 Å². The second kappa shape index (κ2) is 8.21. The lowest BCUT2D eigenvalue weighted by atomic mass is 9.79. The Kier molecular flexibility index (Phi) is 5.49. The number of nitrogens with one attached hydrogen (secondary N) is 2. The first-order chi connectivity index (χ1) is 14.1. The molecule has 2 aliphatic rings. The van der Waals surface area contributed by atoms with Crippen molar-refractivity contribution < 1.29 is 4.79 Å². The Labute approximate surface area is 173 Å². The lowest BCUT2D eigenvalue weighted by Gasteiger charge is -2.40. The van der Waals surface area contributed by atoms with Crippen molar-refractivity contribution in [2.45, 2.75) is 44.2 Å². The molecule has 2 aromatic rings. The Balaban J connectivity index is 1.71. The lowest BCUT2D eigenvalue weighted by Crippen LogP contribution is -2.48. The maximum absolute atomic E-state index is 12.1. The Morgan fingerprint density at radius 1 is 1.17 bits per heavy atom. The zero-order chi connectivity index (χ0) is 20.3. The number of rotatable bonds is 3. The molecule has 0 unspecified atom stereocenters. The highest BCUT2D eigenvalue weighted by molar-refractivity contribution is 6.30. The predicted molar refractivity (Wildman–Crippen MR) is 112 cm³/mol. The van der Waals surface area contributed by atoms with Crippen LogP contribution in [0.25, 0.3) is 0 Å². The molecule has 0 atom stereocenters. The number of amidine groups is 1. The Hall–Kier alpha value is -2.93. The van der Waals surface area contributed by atoms with Gasteiger partial charge in [-0.25, -0.2) is 10.5 Å². The van der Waals surface area contributed by atoms with Gasteiger partial charge in [-0.1, -0.05) is 49.1 Å². The van der Waals surface area contributed by atoms with E-state index in [1.165, 1.54) is 6.42 Å². The molecular weight excluding hydrogens is 388 g/mol. The van der Waals surface area contributed by atoms with Crippen LogP contribution in [-0.2, 0) is 6.54 Å². The van der Waals surface area contributed by atoms with Crippen LogP contribution in [-0.4, -0.2) is 17.3 Å². The molecule has 148 valence electrons. The fraction of sp³-hybridized carbons (Fsp3) is 0.333. The molecule has 0 radical (unpaired) electrons. The monoisotopic (exact) mass is 408 g/mol. The van der Waals surface area contributed by atoms with Gasteiger partial charge in [0.25, 0.3) is 5.91 Å². The van der Waals surface area contributed by atoms with Gasteiger partial charge in [0.15, 0.2) is 5.84 Å². The number of azo groups is 1. The van der Waals surface area contributed by atoms with Gasteiger partial charge in [-0.3, -0.25) is 4.79 Å². The normalized spacial score (nSPS) is 17.5. The number of amides is 1. The van der Waals surface area contributed by atoms with Gasteiger partial charge >= 0.3 is 0 Å². The van der Waals surface area contributed by atoms with Crippen LogP contribution >= 0.6 is 11.6 Å². The highest BCUT2D eigenvalue weighted by Crippen LogP contribution is 2.43. The summed E-state index contributed by atoms with van der Waals surface area (Å²) < 4.78 is 0. The summed E-state index contributed by atoms with van der Waals surface area (Å²) in [6.45, 7) is 0.394. The first-order valence-corrected chi connectivity index (χ1v) is 10.0. The van der Waals surface area contributed by atoms with Crippen LogP contribution in [0.3, 0.4) is 0 Å². The molecule has 0 saturated heterocycles. The number of hydrogen-bond donors (Lipinski definition) is 2. The van der Waals surface area contributed by atoms with E-state index in [1.807, 2.05) is 30.3 Å². The Bertz CT molecular complexity index is 1010. The minimum absolute atomic E-state index is 0.290. The second-order valence-electron chi connectivity index (χ2n) is 7.35. The lowest BCUT2D eigenvalue weighted by molar-refractivity contribution is 0.0991. The van der Waals surface area contributed by atoms with E-state index in [1.54, 1.807) is 12.1 Å². The van der Waals surface area contributed by atoms with Crippen molar-refractivity contribution in [2.24, 2.45) is 20.3 Å². The van der Waals surface area contributed by atoms with Crippen molar-refractivity contribution in [1.82, 2.24) is 0 Å². The van der Waals surface area contributed by atoms with Gasteiger partial charge in [0, 0.05) is 5.02 Å². The number of carbonyl (C=O) groups is 1. The van der Waals surface area contributed by atoms with Gasteiger partial charge in [0.2, 0.25) is 0 Å². The molecule has 1 heterocycles. The smallest absolute Gasteiger partial charge is 0.297 e. The number of para-hydroxylation sites is 1. The molecule has 0 bridgehead atoms. The van der Waals surface area contributed by atoms with E-state index in [9.17, 15) is 4.79 Å². The average molecular weight is 409 g/mol. The summed E-state index contributed by atoms with van der Waals surface area (Å²) in [7, 11) is 0. The Morgan fingerprint density at radius 3 is 2.72 bits per heavy atom. The minimum Gasteiger partial charge on any atom is -0.371 e. The standard InChI is InChI=1S/C21H21ClN6O/c22-15-7-4-6-14(12-15)13-24-28-20-21(10-2-1-3-11-21)26-17-9-5-8-16(18(17)25-20)19(29)27-23/h4-9,12,23,26H,1-3,10-11,13H2. The van der Waals surface area contributed by atoms with E-state index in [2.05, 4.69) is 20.7 Å². The van der Waals surface area contributed by atoms with Gasteiger partial charge < -0.3 is 5.32 Å². The maximum Gasteiger partial charge on any atom is 0.297 e. The molecule has 29 heavy (non-hydrogen) atoms. The largest absolute Gasteiger partial charge is 0.371 e. The van der Waals surface area contributed by atoms with E-state index in [0.717, 1.165) is 36.9 Å². The summed E-state index contributed by atoms with van der Waals surface area (Å²) in [5, 5.41) is 16.2. The molecule has 4 rings (SSSR count). The van der Waals surface area contributed by atoms with Crippen molar-refractivity contribution in [3.63, 3.8) is 0 Å². The van der Waals surface area contributed by atoms with Crippen LogP contribution in [0.5, 0.6) is 0 Å². The molecule has 8 heteroatoms. The third kappa shape index (κ3) is 3.96. The number of aliphatic imine (C=N–C) groups is 1. The number of fused-ring (bicyclic) bond motifs is 1. The first-order valence-electron chi connectivity index (χ1n) is 9.65. The van der Waals surface area contributed by atoms with Crippen molar-refractivity contribution in [3.05, 3.63) is 58.6 Å². The molecule has 1 spiro atoms. The summed E-state index contributed by atoms with van der Waals surface area (Å²) in [6.07, 6.45) is 5.14. The van der Waals surface area contributed by atoms with E-state index in [-0.39, 0.29) is 5.54 Å². The number of nitrogens with zero attached hydrogens (tertiary/aromatic N) is 4. The summed E-state index contributed by atoms with van der Waals surface area (Å²) in [5.41, 5.74) is 9.20. The van der Waals surface area contributed by atoms with Crippen LogP contribution in [0.2, 0.25) is 5.02 Å². The molecule has 1 aliphatic carbocycles. The average Bonchev–Trinajstić information content (AvgIpc) is 2.74. The molecular formula is C21H21ClN6O. The summed E-state index contributed by atoms with van der Waals surface area (Å²) in [4.78, 5) is 16.8. The number of halogens is 1. The molecule has 1 aliphatic heterocycles. The van der Waals surface area contributed by atoms with Gasteiger partial charge in [-0.2, -0.15) is 5.11 Å². The minimum atomic E-state index is -0.623. The molecule has 1 saturated carbocycles. The zero-order valence-corrected chi connectivity index (χ0v) is 16.6. The predicted octanol–water partition coefficient (Wildman–Crippen LogP) is 6.32. The highest BCUT2D eigenvalue weighted by atomic mass is 35.5. The molecule has 2 N–H and O–H groups in total. The van der Waals surface area contributed by atoms with E-state index >= 15 is 0 Å². The van der Waals surface area contributed by atoms with E-state index in [0.29, 0.717) is 28.7 Å². The third-order valence-corrected chi connectivity index (χ3v) is 5.64. The third-order valence-electron chi connectivity index (χ3n) is 5.40. The summed E-state index contributed by atoms with van der Waals surface area (Å²) >= 11 is 6.04. The van der Waals surface area contributed by atoms with E-state index in [4.69, 9.17) is 22.1 Å². The molecule has 2 aromatic carbocycles. The maximum atomic E-state index is 12.1. The topological polar surface area (TPSA) is 102 Å². The number of anilines is 1. The fourth-order valence-electron chi connectivity index (χ4n) is 3.97. The van der Waals surface area contributed by atoms with Crippen LogP contribution in [0.1, 0.15) is 48.0 Å². The first kappa shape index (κ1) is 19.4. The van der Waals surface area contributed by atoms with Gasteiger partial charge in [-0.15, -0.1) is 10.2 Å². The number of carbonyl (C=O) groups excluding carboxylic acids is 1. The summed E-state index contributed by atoms with van der Waals surface area (Å²) in [5.74, 6) is -0.0424. The quantitative estimate of drug-likeness (QED) is 0.580. The van der Waals surface area contributed by atoms with Crippen LogP contribution in [0.4, 0.5) is 11.4 Å². The van der Waals surface area contributed by atoms with Crippen molar-refractivity contribution in [1.29, 1.82) is 5.53 Å². The van der Waals surface area contributed by atoms with Gasteiger partial charge in [-0.05, 0) is 42.7 Å². The van der Waals surface area contributed by atoms with Crippen molar-refractivity contribution in [3.8, 4) is 0 Å². The molecule has 0 aromatic heterocycles. The molecule has 1 fully saturated rings. The summed E-state index contributed by atoms with van der Waals surface area (Å²) in [6, 6.07) is 12.8. The van der Waals surface area contributed by atoms with Crippen molar-refractivity contribution in [2.75, 3.05) is 5.32 Å². The van der Waals surface area contributed by atoms with Crippen LogP contribution < -0.4 is 5.32 Å². The second-order valence-corrected chi connectivity index (χ2v) is 7.79. The van der Waals surface area contributed by atoms with Crippen LogP contribution in [0, 0.1) is 5.53 Å². The number of benzene rings is 2. The Morgan fingerprint density at radius 2 is 1.97 bits per heavy atom. The van der Waals surface area contributed by atoms with Gasteiger partial charge in [0.1, 0.15) is 5.69 Å². The molecule has 7 nitrogen and oxygen atoms in total. The zero-order valence-electron chi connectivity index (χ0n) is 15.9.